The lowest BCUT2D eigenvalue weighted by atomic mass is 9.48. The molecule has 0 aromatic heterocycles. The van der Waals surface area contributed by atoms with Crippen molar-refractivity contribution in [2.24, 2.45) is 17.8 Å². The summed E-state index contributed by atoms with van der Waals surface area (Å²) in [6, 6.07) is 15.9. The van der Waals surface area contributed by atoms with E-state index in [0.29, 0.717) is 34.4 Å². The number of rotatable bonds is 5. The van der Waals surface area contributed by atoms with Crippen LogP contribution in [0.5, 0.6) is 34.5 Å². The summed E-state index contributed by atoms with van der Waals surface area (Å²) in [5, 5.41) is 20.1. The standard InChI is InChI=1S/C28H30N2O4/c29-22-4-2-20(11-24(22)31)33-26-6-1-19(10-27(26)34-21-3-5-23(30)25(32)12-21)28-13-16-7-17(14-28)9-18(8-16)15-28/h1-6,10-12,16-18,31-32H,7-9,13-15,29-30H2. The van der Waals surface area contributed by atoms with Crippen molar-refractivity contribution in [3.8, 4) is 34.5 Å². The van der Waals surface area contributed by atoms with Crippen molar-refractivity contribution >= 4 is 11.4 Å². The Morgan fingerprint density at radius 1 is 0.647 bits per heavy atom. The van der Waals surface area contributed by atoms with Crippen LogP contribution in [-0.4, -0.2) is 10.2 Å². The second-order valence-corrected chi connectivity index (χ2v) is 10.5. The minimum absolute atomic E-state index is 0.0272. The molecule has 7 rings (SSSR count). The van der Waals surface area contributed by atoms with E-state index in [0.717, 1.165) is 17.8 Å². The average molecular weight is 459 g/mol. The largest absolute Gasteiger partial charge is 0.506 e. The first-order valence-electron chi connectivity index (χ1n) is 12.0. The van der Waals surface area contributed by atoms with E-state index in [1.165, 1.54) is 56.2 Å². The summed E-state index contributed by atoms with van der Waals surface area (Å²) in [4.78, 5) is 0. The van der Waals surface area contributed by atoms with Crippen LogP contribution in [0.2, 0.25) is 0 Å². The average Bonchev–Trinajstić information content (AvgIpc) is 2.79. The van der Waals surface area contributed by atoms with Gasteiger partial charge in [0.25, 0.3) is 0 Å². The fourth-order valence-corrected chi connectivity index (χ4v) is 6.89. The van der Waals surface area contributed by atoms with Crippen molar-refractivity contribution in [1.82, 2.24) is 0 Å². The Kier molecular flexibility index (Phi) is 4.80. The maximum atomic E-state index is 10.1. The molecule has 0 radical (unpaired) electrons. The molecule has 0 unspecified atom stereocenters. The Balaban J connectivity index is 1.38. The van der Waals surface area contributed by atoms with Crippen LogP contribution in [0.25, 0.3) is 0 Å². The highest BCUT2D eigenvalue weighted by molar-refractivity contribution is 5.58. The van der Waals surface area contributed by atoms with Gasteiger partial charge in [-0.25, -0.2) is 0 Å². The zero-order chi connectivity index (χ0) is 23.4. The van der Waals surface area contributed by atoms with Crippen LogP contribution in [-0.2, 0) is 5.41 Å². The lowest BCUT2D eigenvalue weighted by molar-refractivity contribution is -0.00527. The quantitative estimate of drug-likeness (QED) is 0.263. The predicted molar refractivity (Wildman–Crippen MR) is 131 cm³/mol. The van der Waals surface area contributed by atoms with Crippen molar-refractivity contribution in [1.29, 1.82) is 0 Å². The number of nitrogens with two attached hydrogens (primary N) is 2. The molecule has 176 valence electrons. The van der Waals surface area contributed by atoms with Crippen molar-refractivity contribution in [3.63, 3.8) is 0 Å². The molecule has 3 aromatic carbocycles. The van der Waals surface area contributed by atoms with Crippen molar-refractivity contribution in [2.75, 3.05) is 11.5 Å². The van der Waals surface area contributed by atoms with E-state index >= 15 is 0 Å². The first-order chi connectivity index (χ1) is 16.4. The van der Waals surface area contributed by atoms with Crippen molar-refractivity contribution in [2.45, 2.75) is 43.9 Å². The highest BCUT2D eigenvalue weighted by Crippen LogP contribution is 2.61. The van der Waals surface area contributed by atoms with Gasteiger partial charge in [-0.05, 0) is 104 Å². The third kappa shape index (κ3) is 3.67. The van der Waals surface area contributed by atoms with E-state index in [-0.39, 0.29) is 16.9 Å². The van der Waals surface area contributed by atoms with Crippen LogP contribution in [0.1, 0.15) is 44.1 Å². The molecule has 0 saturated heterocycles. The lowest BCUT2D eigenvalue weighted by Gasteiger charge is -2.57. The molecule has 4 bridgehead atoms. The molecule has 4 aliphatic rings. The van der Waals surface area contributed by atoms with Gasteiger partial charge in [0.1, 0.15) is 23.0 Å². The molecule has 6 N–H and O–H groups in total. The topological polar surface area (TPSA) is 111 Å². The molecule has 0 spiro atoms. The van der Waals surface area contributed by atoms with Gasteiger partial charge < -0.3 is 31.2 Å². The molecule has 34 heavy (non-hydrogen) atoms. The van der Waals surface area contributed by atoms with E-state index in [4.69, 9.17) is 20.9 Å². The maximum Gasteiger partial charge on any atom is 0.170 e. The number of aromatic hydroxyl groups is 2. The molecule has 0 atom stereocenters. The molecular formula is C28H30N2O4. The van der Waals surface area contributed by atoms with Gasteiger partial charge in [0.05, 0.1) is 11.4 Å². The zero-order valence-electron chi connectivity index (χ0n) is 19.0. The molecule has 6 heteroatoms. The van der Waals surface area contributed by atoms with Gasteiger partial charge in [-0.2, -0.15) is 0 Å². The molecule has 4 aliphatic carbocycles. The highest BCUT2D eigenvalue weighted by Gasteiger charge is 2.51. The number of benzene rings is 3. The second-order valence-electron chi connectivity index (χ2n) is 10.5. The molecule has 3 aromatic rings. The smallest absolute Gasteiger partial charge is 0.170 e. The molecule has 0 heterocycles. The highest BCUT2D eigenvalue weighted by atomic mass is 16.5. The number of anilines is 2. The Morgan fingerprint density at radius 3 is 1.65 bits per heavy atom. The zero-order valence-corrected chi connectivity index (χ0v) is 19.0. The molecule has 6 nitrogen and oxygen atoms in total. The second kappa shape index (κ2) is 7.76. The van der Waals surface area contributed by atoms with Crippen LogP contribution in [0, 0.1) is 17.8 Å². The van der Waals surface area contributed by atoms with Gasteiger partial charge in [-0.1, -0.05) is 6.07 Å². The summed E-state index contributed by atoms with van der Waals surface area (Å²) >= 11 is 0. The summed E-state index contributed by atoms with van der Waals surface area (Å²) in [7, 11) is 0. The number of phenolic OH excluding ortho intramolecular Hbond substituents is 2. The van der Waals surface area contributed by atoms with E-state index in [1.807, 2.05) is 6.07 Å². The minimum atomic E-state index is -0.0337. The summed E-state index contributed by atoms with van der Waals surface area (Å²) < 4.78 is 12.4. The van der Waals surface area contributed by atoms with Gasteiger partial charge in [0.2, 0.25) is 0 Å². The van der Waals surface area contributed by atoms with E-state index in [1.54, 1.807) is 24.3 Å². The van der Waals surface area contributed by atoms with Gasteiger partial charge in [0, 0.05) is 12.1 Å². The van der Waals surface area contributed by atoms with Crippen molar-refractivity contribution in [3.05, 3.63) is 60.2 Å². The molecular weight excluding hydrogens is 428 g/mol. The summed E-state index contributed by atoms with van der Waals surface area (Å²) in [5.41, 5.74) is 13.6. The predicted octanol–water partition coefficient (Wildman–Crippen LogP) is 6.31. The van der Waals surface area contributed by atoms with E-state index in [9.17, 15) is 10.2 Å². The fraction of sp³-hybridized carbons (Fsp3) is 0.357. The van der Waals surface area contributed by atoms with Crippen molar-refractivity contribution < 1.29 is 19.7 Å². The number of hydrogen-bond donors (Lipinski definition) is 4. The van der Waals surface area contributed by atoms with Crippen LogP contribution in [0.15, 0.2) is 54.6 Å². The summed E-state index contributed by atoms with van der Waals surface area (Å²) in [6.07, 6.45) is 7.88. The third-order valence-electron chi connectivity index (χ3n) is 8.05. The summed E-state index contributed by atoms with van der Waals surface area (Å²) in [6.45, 7) is 0. The number of hydrogen-bond acceptors (Lipinski definition) is 6. The maximum absolute atomic E-state index is 10.1. The third-order valence-corrected chi connectivity index (χ3v) is 8.05. The Labute approximate surface area is 199 Å². The number of ether oxygens (including phenoxy) is 2. The SMILES string of the molecule is Nc1ccc(Oc2ccc(C34CC5CC(CC(C5)C3)C4)cc2Oc2ccc(N)c(O)c2)cc1O. The Hall–Kier alpha value is -3.54. The first-order valence-corrected chi connectivity index (χ1v) is 12.0. The van der Waals surface area contributed by atoms with Gasteiger partial charge in [0.15, 0.2) is 11.5 Å². The lowest BCUT2D eigenvalue weighted by Crippen LogP contribution is -2.48. The number of phenols is 2. The summed E-state index contributed by atoms with van der Waals surface area (Å²) in [5.74, 6) is 4.45. The van der Waals surface area contributed by atoms with Gasteiger partial charge >= 0.3 is 0 Å². The van der Waals surface area contributed by atoms with E-state index in [2.05, 4.69) is 12.1 Å². The Morgan fingerprint density at radius 2 is 1.15 bits per heavy atom. The molecule has 4 saturated carbocycles. The first kappa shape index (κ1) is 21.0. The van der Waals surface area contributed by atoms with Gasteiger partial charge in [-0.15, -0.1) is 0 Å². The van der Waals surface area contributed by atoms with Crippen LogP contribution < -0.4 is 20.9 Å². The van der Waals surface area contributed by atoms with Crippen LogP contribution in [0.3, 0.4) is 0 Å². The fourth-order valence-electron chi connectivity index (χ4n) is 6.89. The molecule has 0 amide bonds. The van der Waals surface area contributed by atoms with Gasteiger partial charge in [-0.3, -0.25) is 0 Å². The van der Waals surface area contributed by atoms with Crippen LogP contribution >= 0.6 is 0 Å². The Bertz CT molecular complexity index is 1220. The molecule has 0 aliphatic heterocycles. The number of nitrogen functional groups attached to an aromatic ring is 2. The van der Waals surface area contributed by atoms with Crippen LogP contribution in [0.4, 0.5) is 11.4 Å². The monoisotopic (exact) mass is 458 g/mol. The van der Waals surface area contributed by atoms with E-state index < -0.39 is 0 Å². The normalized spacial score (nSPS) is 27.0. The molecule has 4 fully saturated rings. The minimum Gasteiger partial charge on any atom is -0.506 e.